The standard InChI is InChI=1S/C24H28N2O3S.C18H25BrO3.C6H5BN2O2S/c1-4-28-24(27)20(11-15(2)3)17-8-10-23(29-14-16-5-6-16)19(12-17)18-7-9-21-22(13-18)26-30-25-21;1-4-21-18(20)15(9-12(2)3)14-7-8-17(16(19)10-14)22-11-13-5-6-13;10-7(11)4-1-2-5-6(3-4)9-12-8-5/h7-10,12-13,15-16,20H,4-6,11,14H2,1-3H3;7-8,10,12-13,15H,4-6,9,11H2,1-3H3;1-3,10-11H. The highest BCUT2D eigenvalue weighted by Gasteiger charge is 2.28. The van der Waals surface area contributed by atoms with E-state index in [9.17, 15) is 9.59 Å². The minimum absolute atomic E-state index is 0.144. The van der Waals surface area contributed by atoms with Crippen LogP contribution in [-0.4, -0.2) is 73.0 Å². The van der Waals surface area contributed by atoms with Crippen LogP contribution < -0.4 is 14.9 Å². The van der Waals surface area contributed by atoms with E-state index in [1.165, 1.54) is 37.4 Å². The zero-order chi connectivity index (χ0) is 45.8. The van der Waals surface area contributed by atoms with Crippen LogP contribution in [0.5, 0.6) is 11.5 Å². The second kappa shape index (κ2) is 23.6. The van der Waals surface area contributed by atoms with Gasteiger partial charge in [-0.25, -0.2) is 0 Å². The molecule has 8 rings (SSSR count). The average Bonchev–Trinajstić information content (AvgIpc) is 4.19. The van der Waals surface area contributed by atoms with Crippen LogP contribution in [0.15, 0.2) is 77.3 Å². The van der Waals surface area contributed by atoms with E-state index in [1.54, 1.807) is 18.2 Å². The van der Waals surface area contributed by atoms with Crippen molar-refractivity contribution in [1.29, 1.82) is 0 Å². The molecular formula is C48H58BBrN4O8S2. The van der Waals surface area contributed by atoms with Crippen molar-refractivity contribution in [3.05, 3.63) is 88.4 Å². The molecule has 0 spiro atoms. The van der Waals surface area contributed by atoms with Gasteiger partial charge in [0.2, 0.25) is 0 Å². The Balaban J connectivity index is 0.000000174. The average molecular weight is 974 g/mol. The van der Waals surface area contributed by atoms with Gasteiger partial charge in [-0.15, -0.1) is 0 Å². The number of halogens is 1. The maximum absolute atomic E-state index is 12.7. The predicted molar refractivity (Wildman–Crippen MR) is 258 cm³/mol. The van der Waals surface area contributed by atoms with Gasteiger partial charge >= 0.3 is 19.1 Å². The van der Waals surface area contributed by atoms with Crippen LogP contribution in [0.2, 0.25) is 0 Å². The van der Waals surface area contributed by atoms with Crippen LogP contribution in [0, 0.1) is 23.7 Å². The maximum atomic E-state index is 12.7. The van der Waals surface area contributed by atoms with Crippen LogP contribution in [-0.2, 0) is 19.1 Å². The summed E-state index contributed by atoms with van der Waals surface area (Å²) in [7, 11) is -1.43. The van der Waals surface area contributed by atoms with Crippen molar-refractivity contribution in [3.63, 3.8) is 0 Å². The fraction of sp³-hybridized carbons (Fsp3) is 0.458. The van der Waals surface area contributed by atoms with E-state index in [0.717, 1.165) is 98.5 Å². The normalized spacial score (nSPS) is 14.3. The van der Waals surface area contributed by atoms with Gasteiger partial charge in [0, 0.05) is 5.56 Å². The Bertz CT molecular complexity index is 2460. The van der Waals surface area contributed by atoms with Crippen molar-refractivity contribution in [1.82, 2.24) is 17.5 Å². The molecule has 0 radical (unpaired) electrons. The highest BCUT2D eigenvalue weighted by atomic mass is 79.9. The van der Waals surface area contributed by atoms with E-state index in [4.69, 9.17) is 29.0 Å². The van der Waals surface area contributed by atoms with Crippen molar-refractivity contribution >= 4 is 86.0 Å². The molecule has 340 valence electrons. The lowest BCUT2D eigenvalue weighted by Crippen LogP contribution is -2.29. The Morgan fingerprint density at radius 1 is 0.656 bits per heavy atom. The number of carbonyl (C=O) groups excluding carboxylic acids is 2. The summed E-state index contributed by atoms with van der Waals surface area (Å²) in [5.41, 5.74) is 7.65. The van der Waals surface area contributed by atoms with E-state index >= 15 is 0 Å². The van der Waals surface area contributed by atoms with E-state index in [-0.39, 0.29) is 23.8 Å². The molecule has 2 N–H and O–H groups in total. The van der Waals surface area contributed by atoms with Crippen LogP contribution in [0.25, 0.3) is 33.2 Å². The fourth-order valence-electron chi connectivity index (χ4n) is 7.03. The maximum Gasteiger partial charge on any atom is 0.488 e. The second-order valence-corrected chi connectivity index (χ2v) is 19.1. The first kappa shape index (κ1) is 49.0. The number of rotatable bonds is 18. The summed E-state index contributed by atoms with van der Waals surface area (Å²) >= 11 is 5.89. The number of esters is 2. The molecule has 2 aliphatic rings. The molecule has 2 fully saturated rings. The number of aromatic nitrogens is 4. The molecule has 2 aliphatic carbocycles. The molecule has 64 heavy (non-hydrogen) atoms. The Morgan fingerprint density at radius 2 is 1.14 bits per heavy atom. The SMILES string of the molecule is CCOC(=O)C(CC(C)C)c1ccc(OCC2CC2)c(-c2ccc3nsnc3c2)c1.CCOC(=O)C(CC(C)C)c1ccc(OCC2CC2)c(Br)c1.OB(O)c1ccc2nsnc2c1. The summed E-state index contributed by atoms with van der Waals surface area (Å²) in [6, 6.07) is 23.1. The van der Waals surface area contributed by atoms with Crippen LogP contribution in [0.1, 0.15) is 103 Å². The fourth-order valence-corrected chi connectivity index (χ4v) is 8.57. The van der Waals surface area contributed by atoms with E-state index in [0.29, 0.717) is 41.9 Å². The molecule has 12 nitrogen and oxygen atoms in total. The van der Waals surface area contributed by atoms with E-state index in [2.05, 4.69) is 73.3 Å². The minimum Gasteiger partial charge on any atom is -0.493 e. The first-order valence-electron chi connectivity index (χ1n) is 22.2. The summed E-state index contributed by atoms with van der Waals surface area (Å²) in [5, 5.41) is 17.7. The molecule has 0 amide bonds. The highest BCUT2D eigenvalue weighted by molar-refractivity contribution is 9.10. The van der Waals surface area contributed by atoms with Crippen LogP contribution in [0.3, 0.4) is 0 Å². The smallest absolute Gasteiger partial charge is 0.488 e. The first-order chi connectivity index (χ1) is 30.8. The van der Waals surface area contributed by atoms with Gasteiger partial charge in [0.25, 0.3) is 0 Å². The number of fused-ring (bicyclic) bond motifs is 2. The summed E-state index contributed by atoms with van der Waals surface area (Å²) in [5.74, 6) is 3.08. The number of hydrogen-bond donors (Lipinski definition) is 2. The number of carbonyl (C=O) groups is 2. The zero-order valence-electron chi connectivity index (χ0n) is 37.4. The third-order valence-electron chi connectivity index (χ3n) is 10.8. The third-order valence-corrected chi connectivity index (χ3v) is 12.5. The molecule has 0 saturated heterocycles. The number of benzene rings is 4. The molecule has 2 heterocycles. The predicted octanol–water partition coefficient (Wildman–Crippen LogP) is 10.1. The first-order valence-corrected chi connectivity index (χ1v) is 24.4. The third kappa shape index (κ3) is 14.3. The molecule has 6 aromatic rings. The Kier molecular flexibility index (Phi) is 18.1. The van der Waals surface area contributed by atoms with Crippen molar-refractivity contribution in [2.24, 2.45) is 23.7 Å². The Labute approximate surface area is 393 Å². The number of hydrogen-bond acceptors (Lipinski definition) is 14. The molecule has 2 aromatic heterocycles. The van der Waals surface area contributed by atoms with Gasteiger partial charge < -0.3 is 29.0 Å². The number of nitrogens with zero attached hydrogens (tertiary/aromatic N) is 4. The van der Waals surface area contributed by atoms with Gasteiger partial charge in [-0.05, 0) is 163 Å². The molecule has 4 aromatic carbocycles. The van der Waals surface area contributed by atoms with Crippen molar-refractivity contribution in [2.75, 3.05) is 26.4 Å². The van der Waals surface area contributed by atoms with E-state index in [1.807, 2.05) is 56.3 Å². The van der Waals surface area contributed by atoms with Crippen molar-refractivity contribution < 1.29 is 38.6 Å². The van der Waals surface area contributed by atoms with Crippen molar-refractivity contribution in [2.45, 2.75) is 91.9 Å². The molecular weight excluding hydrogens is 915 g/mol. The molecule has 16 heteroatoms. The minimum atomic E-state index is -1.43. The van der Waals surface area contributed by atoms with Crippen molar-refractivity contribution in [3.8, 4) is 22.6 Å². The zero-order valence-corrected chi connectivity index (χ0v) is 40.6. The van der Waals surface area contributed by atoms with Gasteiger partial charge in [-0.1, -0.05) is 52.0 Å². The topological polar surface area (TPSA) is 163 Å². The van der Waals surface area contributed by atoms with Gasteiger partial charge in [-0.2, -0.15) is 17.5 Å². The van der Waals surface area contributed by atoms with Gasteiger partial charge in [0.05, 0.1) is 66.2 Å². The summed E-state index contributed by atoms with van der Waals surface area (Å²) in [4.78, 5) is 24.9. The van der Waals surface area contributed by atoms with Gasteiger partial charge in [0.15, 0.2) is 0 Å². The summed E-state index contributed by atoms with van der Waals surface area (Å²) in [6.45, 7) is 14.5. The molecule has 2 unspecified atom stereocenters. The van der Waals surface area contributed by atoms with Crippen LogP contribution >= 0.6 is 39.4 Å². The quantitative estimate of drug-likeness (QED) is 0.0620. The lowest BCUT2D eigenvalue weighted by Gasteiger charge is -2.20. The molecule has 0 bridgehead atoms. The van der Waals surface area contributed by atoms with E-state index < -0.39 is 7.12 Å². The van der Waals surface area contributed by atoms with Crippen LogP contribution in [0.4, 0.5) is 0 Å². The summed E-state index contributed by atoms with van der Waals surface area (Å²) < 4.78 is 40.2. The Hall–Kier alpha value is -4.48. The molecule has 2 atom stereocenters. The molecule has 0 aliphatic heterocycles. The lowest BCUT2D eigenvalue weighted by molar-refractivity contribution is -0.146. The highest BCUT2D eigenvalue weighted by Crippen LogP contribution is 2.39. The van der Waals surface area contributed by atoms with Gasteiger partial charge in [-0.3, -0.25) is 9.59 Å². The monoisotopic (exact) mass is 972 g/mol. The lowest BCUT2D eigenvalue weighted by atomic mass is 9.80. The second-order valence-electron chi connectivity index (χ2n) is 17.2. The largest absolute Gasteiger partial charge is 0.493 e. The number of ether oxygens (including phenoxy) is 4. The Morgan fingerprint density at radius 3 is 1.64 bits per heavy atom. The summed E-state index contributed by atoms with van der Waals surface area (Å²) in [6.07, 6.45) is 6.56. The van der Waals surface area contributed by atoms with Gasteiger partial charge in [0.1, 0.15) is 33.6 Å². The molecule has 2 saturated carbocycles.